The number of anilines is 1. The molecule has 0 saturated heterocycles. The van der Waals surface area contributed by atoms with Crippen LogP contribution in [0, 0.1) is 0 Å². The van der Waals surface area contributed by atoms with Gasteiger partial charge in [-0.15, -0.1) is 0 Å². The van der Waals surface area contributed by atoms with E-state index in [2.05, 4.69) is 5.32 Å². The minimum Gasteiger partial charge on any atom is -0.494 e. The van der Waals surface area contributed by atoms with Crippen LogP contribution < -0.4 is 14.8 Å². The first kappa shape index (κ1) is 15.8. The second-order valence-electron chi connectivity index (χ2n) is 5.01. The highest BCUT2D eigenvalue weighted by molar-refractivity contribution is 5.94. The van der Waals surface area contributed by atoms with E-state index in [-0.39, 0.29) is 11.4 Å². The molecule has 0 bridgehead atoms. The molecular weight excluding hydrogens is 262 g/mol. The van der Waals surface area contributed by atoms with Gasteiger partial charge in [0.15, 0.2) is 12.0 Å². The van der Waals surface area contributed by atoms with Gasteiger partial charge in [-0.3, -0.25) is 10.1 Å². The molecule has 0 aromatic heterocycles. The van der Waals surface area contributed by atoms with Gasteiger partial charge < -0.3 is 14.2 Å². The van der Waals surface area contributed by atoms with E-state index < -0.39 is 11.7 Å². The van der Waals surface area contributed by atoms with Crippen LogP contribution in [0.2, 0.25) is 0 Å². The van der Waals surface area contributed by atoms with Crippen molar-refractivity contribution in [3.05, 3.63) is 17.7 Å². The number of hydrogen-bond donors (Lipinski definition) is 1. The number of hydrogen-bond acceptors (Lipinski definition) is 5. The number of amides is 1. The summed E-state index contributed by atoms with van der Waals surface area (Å²) in [5.41, 5.74) is -0.0690. The molecule has 0 heterocycles. The van der Waals surface area contributed by atoms with Crippen LogP contribution in [0.25, 0.3) is 0 Å². The normalized spacial score (nSPS) is 10.7. The number of carbonyl (C=O) groups excluding carboxylic acids is 2. The van der Waals surface area contributed by atoms with E-state index in [4.69, 9.17) is 14.2 Å². The Morgan fingerprint density at radius 2 is 1.85 bits per heavy atom. The van der Waals surface area contributed by atoms with Gasteiger partial charge >= 0.3 is 6.09 Å². The predicted molar refractivity (Wildman–Crippen MR) is 74.8 cm³/mol. The first-order valence-electron chi connectivity index (χ1n) is 6.02. The van der Waals surface area contributed by atoms with Crippen LogP contribution in [-0.2, 0) is 4.74 Å². The van der Waals surface area contributed by atoms with Gasteiger partial charge in [0.05, 0.1) is 19.8 Å². The van der Waals surface area contributed by atoms with Crippen molar-refractivity contribution in [2.45, 2.75) is 26.4 Å². The molecular formula is C14H19NO5. The van der Waals surface area contributed by atoms with Crippen molar-refractivity contribution in [2.75, 3.05) is 19.5 Å². The Balaban J connectivity index is 3.14. The monoisotopic (exact) mass is 281 g/mol. The van der Waals surface area contributed by atoms with Gasteiger partial charge in [0.25, 0.3) is 0 Å². The molecule has 6 heteroatoms. The number of methoxy groups -OCH3 is 2. The lowest BCUT2D eigenvalue weighted by molar-refractivity contribution is 0.0634. The van der Waals surface area contributed by atoms with Gasteiger partial charge in [0.2, 0.25) is 0 Å². The van der Waals surface area contributed by atoms with Crippen molar-refractivity contribution in [2.24, 2.45) is 0 Å². The van der Waals surface area contributed by atoms with Gasteiger partial charge in [-0.05, 0) is 32.9 Å². The second kappa shape index (κ2) is 6.27. The van der Waals surface area contributed by atoms with E-state index in [0.29, 0.717) is 17.6 Å². The van der Waals surface area contributed by atoms with E-state index >= 15 is 0 Å². The summed E-state index contributed by atoms with van der Waals surface area (Å²) in [6.45, 7) is 5.26. The number of benzene rings is 1. The standard InChI is InChI=1S/C14H19NO5/c1-14(2,3)20-13(17)15-11-10(18-4)7-6-9(8-16)12(11)19-5/h6-8H,1-5H3,(H,15,17). The van der Waals surface area contributed by atoms with E-state index in [1.165, 1.54) is 14.2 Å². The number of ether oxygens (including phenoxy) is 3. The molecule has 20 heavy (non-hydrogen) atoms. The lowest BCUT2D eigenvalue weighted by atomic mass is 10.1. The van der Waals surface area contributed by atoms with Crippen molar-refractivity contribution in [1.82, 2.24) is 0 Å². The Morgan fingerprint density at radius 1 is 1.20 bits per heavy atom. The molecule has 0 fully saturated rings. The lowest BCUT2D eigenvalue weighted by Crippen LogP contribution is -2.27. The Labute approximate surface area is 118 Å². The average Bonchev–Trinajstić information content (AvgIpc) is 2.35. The fourth-order valence-corrected chi connectivity index (χ4v) is 1.59. The second-order valence-corrected chi connectivity index (χ2v) is 5.01. The lowest BCUT2D eigenvalue weighted by Gasteiger charge is -2.21. The molecule has 1 N–H and O–H groups in total. The quantitative estimate of drug-likeness (QED) is 0.859. The maximum absolute atomic E-state index is 11.8. The average molecular weight is 281 g/mol. The van der Waals surface area contributed by atoms with Crippen LogP contribution in [0.5, 0.6) is 11.5 Å². The molecule has 1 aromatic rings. The van der Waals surface area contributed by atoms with Gasteiger partial charge in [0, 0.05) is 0 Å². The Kier molecular flexibility index (Phi) is 4.96. The summed E-state index contributed by atoms with van der Waals surface area (Å²) in [4.78, 5) is 22.8. The largest absolute Gasteiger partial charge is 0.494 e. The minimum absolute atomic E-state index is 0.227. The first-order valence-corrected chi connectivity index (χ1v) is 6.02. The molecule has 0 aliphatic heterocycles. The third-order valence-electron chi connectivity index (χ3n) is 2.33. The molecule has 6 nitrogen and oxygen atoms in total. The van der Waals surface area contributed by atoms with E-state index in [9.17, 15) is 9.59 Å². The Morgan fingerprint density at radius 3 is 2.30 bits per heavy atom. The number of nitrogens with one attached hydrogen (secondary N) is 1. The molecule has 0 spiro atoms. The molecule has 0 unspecified atom stereocenters. The summed E-state index contributed by atoms with van der Waals surface area (Å²) in [5, 5.41) is 2.54. The van der Waals surface area contributed by atoms with E-state index in [0.717, 1.165) is 0 Å². The van der Waals surface area contributed by atoms with E-state index in [1.807, 2.05) is 0 Å². The van der Waals surface area contributed by atoms with Crippen molar-refractivity contribution >= 4 is 18.1 Å². The van der Waals surface area contributed by atoms with Crippen molar-refractivity contribution in [1.29, 1.82) is 0 Å². The summed E-state index contributed by atoms with van der Waals surface area (Å²) >= 11 is 0. The highest BCUT2D eigenvalue weighted by Crippen LogP contribution is 2.37. The summed E-state index contributed by atoms with van der Waals surface area (Å²) < 4.78 is 15.5. The highest BCUT2D eigenvalue weighted by Gasteiger charge is 2.21. The fraction of sp³-hybridized carbons (Fsp3) is 0.429. The number of rotatable bonds is 4. The SMILES string of the molecule is COc1ccc(C=O)c(OC)c1NC(=O)OC(C)(C)C. The highest BCUT2D eigenvalue weighted by atomic mass is 16.6. The van der Waals surface area contributed by atoms with Crippen molar-refractivity contribution < 1.29 is 23.8 Å². The molecule has 0 atom stereocenters. The summed E-state index contributed by atoms with van der Waals surface area (Å²) in [6.07, 6.45) is -0.0180. The Bertz CT molecular complexity index is 505. The third-order valence-corrected chi connectivity index (χ3v) is 2.33. The van der Waals surface area contributed by atoms with Crippen LogP contribution >= 0.6 is 0 Å². The smallest absolute Gasteiger partial charge is 0.412 e. The van der Waals surface area contributed by atoms with Gasteiger partial charge in [-0.1, -0.05) is 0 Å². The maximum atomic E-state index is 11.8. The topological polar surface area (TPSA) is 73.9 Å². The summed E-state index contributed by atoms with van der Waals surface area (Å²) in [7, 11) is 2.86. The van der Waals surface area contributed by atoms with Crippen molar-refractivity contribution in [3.63, 3.8) is 0 Å². The summed E-state index contributed by atoms with van der Waals surface area (Å²) in [6, 6.07) is 3.11. The van der Waals surface area contributed by atoms with Gasteiger partial charge in [-0.25, -0.2) is 4.79 Å². The fourth-order valence-electron chi connectivity index (χ4n) is 1.59. The molecule has 1 rings (SSSR count). The maximum Gasteiger partial charge on any atom is 0.412 e. The molecule has 0 saturated carbocycles. The van der Waals surface area contributed by atoms with E-state index in [1.54, 1.807) is 32.9 Å². The molecule has 1 aromatic carbocycles. The molecule has 0 aliphatic rings. The molecule has 0 radical (unpaired) electrons. The van der Waals surface area contributed by atoms with Crippen LogP contribution in [0.15, 0.2) is 12.1 Å². The van der Waals surface area contributed by atoms with Crippen LogP contribution in [0.1, 0.15) is 31.1 Å². The summed E-state index contributed by atoms with van der Waals surface area (Å²) in [5.74, 6) is 0.600. The van der Waals surface area contributed by atoms with Crippen LogP contribution in [0.4, 0.5) is 10.5 Å². The van der Waals surface area contributed by atoms with Crippen molar-refractivity contribution in [3.8, 4) is 11.5 Å². The Hall–Kier alpha value is -2.24. The van der Waals surface area contributed by atoms with Gasteiger partial charge in [-0.2, -0.15) is 0 Å². The minimum atomic E-state index is -0.655. The number of carbonyl (C=O) groups is 2. The van der Waals surface area contributed by atoms with Gasteiger partial charge in [0.1, 0.15) is 17.0 Å². The predicted octanol–water partition coefficient (Wildman–Crippen LogP) is 2.86. The van der Waals surface area contributed by atoms with Crippen LogP contribution in [0.3, 0.4) is 0 Å². The molecule has 110 valence electrons. The number of aldehydes is 1. The van der Waals surface area contributed by atoms with Crippen LogP contribution in [-0.4, -0.2) is 32.2 Å². The molecule has 1 amide bonds. The third kappa shape index (κ3) is 3.88. The molecule has 0 aliphatic carbocycles. The zero-order valence-electron chi connectivity index (χ0n) is 12.3. The zero-order chi connectivity index (χ0) is 15.3. The zero-order valence-corrected chi connectivity index (χ0v) is 12.3. The first-order chi connectivity index (χ1) is 9.32.